The van der Waals surface area contributed by atoms with E-state index >= 15 is 0 Å². The SMILES string of the molecule is CC.O=NCc1ccc(-c2ccc3oc(B(O)O)cc3c2)cc1F. The number of nitrogens with zero attached hydrogens (tertiary/aromatic N) is 1. The van der Waals surface area contributed by atoms with E-state index in [1.54, 1.807) is 24.3 Å². The molecule has 1 heterocycles. The predicted molar refractivity (Wildman–Crippen MR) is 92.3 cm³/mol. The van der Waals surface area contributed by atoms with Gasteiger partial charge < -0.3 is 14.5 Å². The Hall–Kier alpha value is -2.51. The summed E-state index contributed by atoms with van der Waals surface area (Å²) in [7, 11) is -1.68. The number of halogens is 1. The van der Waals surface area contributed by atoms with Gasteiger partial charge in [0.15, 0.2) is 0 Å². The molecule has 3 aromatic rings. The summed E-state index contributed by atoms with van der Waals surface area (Å²) in [6, 6.07) is 11.3. The lowest BCUT2D eigenvalue weighted by molar-refractivity contribution is 0.412. The van der Waals surface area contributed by atoms with Crippen molar-refractivity contribution >= 4 is 23.7 Å². The molecule has 2 aromatic carbocycles. The predicted octanol–water partition coefficient (Wildman–Crippen LogP) is 3.21. The van der Waals surface area contributed by atoms with Gasteiger partial charge in [0, 0.05) is 10.9 Å². The Morgan fingerprint density at radius 2 is 1.75 bits per heavy atom. The van der Waals surface area contributed by atoms with Gasteiger partial charge in [0.05, 0.1) is 0 Å². The zero-order chi connectivity index (χ0) is 17.7. The van der Waals surface area contributed by atoms with Crippen LogP contribution in [0, 0.1) is 10.7 Å². The van der Waals surface area contributed by atoms with Gasteiger partial charge in [0.1, 0.15) is 23.6 Å². The number of furan rings is 1. The molecule has 0 bridgehead atoms. The summed E-state index contributed by atoms with van der Waals surface area (Å²) >= 11 is 0. The van der Waals surface area contributed by atoms with Crippen molar-refractivity contribution in [1.82, 2.24) is 0 Å². The van der Waals surface area contributed by atoms with Crippen LogP contribution < -0.4 is 5.66 Å². The standard InChI is InChI=1S/C15H11BFNO4.C2H6/c17-13-6-10(1-2-11(13)8-18-21)9-3-4-14-12(5-9)7-15(22-14)16(19)20;1-2/h1-7,19-20H,8H2;1-2H3. The van der Waals surface area contributed by atoms with Gasteiger partial charge in [-0.2, -0.15) is 4.91 Å². The van der Waals surface area contributed by atoms with Crippen LogP contribution in [0.15, 0.2) is 52.1 Å². The van der Waals surface area contributed by atoms with Crippen LogP contribution in [0.1, 0.15) is 19.4 Å². The van der Waals surface area contributed by atoms with Gasteiger partial charge in [-0.25, -0.2) is 4.39 Å². The van der Waals surface area contributed by atoms with Crippen molar-refractivity contribution in [2.24, 2.45) is 5.18 Å². The maximum absolute atomic E-state index is 13.9. The van der Waals surface area contributed by atoms with E-state index in [-0.39, 0.29) is 17.8 Å². The number of fused-ring (bicyclic) bond motifs is 1. The summed E-state index contributed by atoms with van der Waals surface area (Å²) in [5.41, 5.74) is 2.19. The monoisotopic (exact) mass is 329 g/mol. The first-order valence-electron chi connectivity index (χ1n) is 7.56. The first-order chi connectivity index (χ1) is 11.6. The van der Waals surface area contributed by atoms with Crippen LogP contribution in [-0.4, -0.2) is 17.2 Å². The van der Waals surface area contributed by atoms with Gasteiger partial charge in [0.25, 0.3) is 0 Å². The first kappa shape index (κ1) is 17.8. The second-order valence-electron chi connectivity index (χ2n) is 4.87. The molecule has 0 amide bonds. The van der Waals surface area contributed by atoms with E-state index in [4.69, 9.17) is 14.5 Å². The Morgan fingerprint density at radius 1 is 1.08 bits per heavy atom. The number of hydrogen-bond donors (Lipinski definition) is 2. The van der Waals surface area contributed by atoms with Crippen molar-refractivity contribution in [2.45, 2.75) is 20.4 Å². The summed E-state index contributed by atoms with van der Waals surface area (Å²) in [4.78, 5) is 10.2. The van der Waals surface area contributed by atoms with Crippen LogP contribution in [0.2, 0.25) is 0 Å². The fourth-order valence-corrected chi connectivity index (χ4v) is 2.30. The Labute approximate surface area is 138 Å². The highest BCUT2D eigenvalue weighted by molar-refractivity contribution is 6.57. The fraction of sp³-hybridized carbons (Fsp3) is 0.176. The van der Waals surface area contributed by atoms with Crippen LogP contribution >= 0.6 is 0 Å². The number of nitroso groups, excluding NO2 is 1. The quantitative estimate of drug-likeness (QED) is 0.569. The Morgan fingerprint density at radius 3 is 2.38 bits per heavy atom. The van der Waals surface area contributed by atoms with Crippen molar-refractivity contribution < 1.29 is 18.9 Å². The van der Waals surface area contributed by atoms with Crippen molar-refractivity contribution in [1.29, 1.82) is 0 Å². The lowest BCUT2D eigenvalue weighted by Crippen LogP contribution is -2.27. The topological polar surface area (TPSA) is 83.0 Å². The van der Waals surface area contributed by atoms with E-state index in [1.807, 2.05) is 13.8 Å². The molecule has 0 saturated carbocycles. The molecule has 0 unspecified atom stereocenters. The van der Waals surface area contributed by atoms with Gasteiger partial charge in [-0.15, -0.1) is 0 Å². The molecule has 5 nitrogen and oxygen atoms in total. The molecule has 7 heteroatoms. The Bertz CT molecular complexity index is 848. The molecule has 0 radical (unpaired) electrons. The molecule has 24 heavy (non-hydrogen) atoms. The summed E-state index contributed by atoms with van der Waals surface area (Å²) in [5.74, 6) is -0.490. The summed E-state index contributed by atoms with van der Waals surface area (Å²) in [5, 5.41) is 21.6. The van der Waals surface area contributed by atoms with E-state index in [2.05, 4.69) is 5.18 Å². The highest BCUT2D eigenvalue weighted by Gasteiger charge is 2.17. The van der Waals surface area contributed by atoms with E-state index in [0.29, 0.717) is 16.5 Å². The average molecular weight is 329 g/mol. The molecule has 2 N–H and O–H groups in total. The van der Waals surface area contributed by atoms with E-state index in [1.165, 1.54) is 18.2 Å². The minimum Gasteiger partial charge on any atom is -0.465 e. The van der Waals surface area contributed by atoms with Crippen LogP contribution in [0.3, 0.4) is 0 Å². The Balaban J connectivity index is 0.00000100. The largest absolute Gasteiger partial charge is 0.526 e. The molecule has 0 fully saturated rings. The summed E-state index contributed by atoms with van der Waals surface area (Å²) < 4.78 is 19.1. The maximum atomic E-state index is 13.9. The second kappa shape index (κ2) is 7.85. The van der Waals surface area contributed by atoms with Crippen molar-refractivity contribution in [3.63, 3.8) is 0 Å². The maximum Gasteiger partial charge on any atom is 0.526 e. The van der Waals surface area contributed by atoms with Crippen LogP contribution in [-0.2, 0) is 6.54 Å². The van der Waals surface area contributed by atoms with Crippen LogP contribution in [0.5, 0.6) is 0 Å². The molecule has 0 atom stereocenters. The summed E-state index contributed by atoms with van der Waals surface area (Å²) in [6.07, 6.45) is 0. The van der Waals surface area contributed by atoms with Crippen molar-refractivity contribution in [3.05, 3.63) is 58.8 Å². The normalized spacial score (nSPS) is 10.2. The third-order valence-corrected chi connectivity index (χ3v) is 3.41. The first-order valence-corrected chi connectivity index (χ1v) is 7.56. The second-order valence-corrected chi connectivity index (χ2v) is 4.87. The van der Waals surface area contributed by atoms with Gasteiger partial charge >= 0.3 is 7.12 Å². The molecule has 124 valence electrons. The van der Waals surface area contributed by atoms with Gasteiger partial charge in [-0.1, -0.05) is 37.2 Å². The Kier molecular flexibility index (Phi) is 5.84. The highest BCUT2D eigenvalue weighted by atomic mass is 19.1. The molecular weight excluding hydrogens is 312 g/mol. The zero-order valence-corrected chi connectivity index (χ0v) is 13.4. The highest BCUT2D eigenvalue weighted by Crippen LogP contribution is 2.26. The third kappa shape index (κ3) is 3.69. The lowest BCUT2D eigenvalue weighted by atomic mass is 9.88. The van der Waals surface area contributed by atoms with Crippen molar-refractivity contribution in [3.8, 4) is 11.1 Å². The smallest absolute Gasteiger partial charge is 0.465 e. The minimum absolute atomic E-state index is 0.0470. The van der Waals surface area contributed by atoms with Gasteiger partial charge in [-0.3, -0.25) is 0 Å². The van der Waals surface area contributed by atoms with E-state index < -0.39 is 12.9 Å². The minimum atomic E-state index is -1.68. The average Bonchev–Trinajstić information content (AvgIpc) is 3.02. The molecule has 0 aliphatic rings. The molecule has 0 aliphatic heterocycles. The molecule has 0 aliphatic carbocycles. The molecule has 3 rings (SSSR count). The number of hydrogen-bond acceptors (Lipinski definition) is 5. The number of benzene rings is 2. The van der Waals surface area contributed by atoms with E-state index in [0.717, 1.165) is 5.56 Å². The van der Waals surface area contributed by atoms with Crippen molar-refractivity contribution in [2.75, 3.05) is 0 Å². The molecule has 0 spiro atoms. The van der Waals surface area contributed by atoms with Gasteiger partial charge in [-0.05, 0) is 35.4 Å². The van der Waals surface area contributed by atoms with Gasteiger partial charge in [0.2, 0.25) is 0 Å². The zero-order valence-electron chi connectivity index (χ0n) is 13.4. The third-order valence-electron chi connectivity index (χ3n) is 3.41. The fourth-order valence-electron chi connectivity index (χ4n) is 2.30. The summed E-state index contributed by atoms with van der Waals surface area (Å²) in [6.45, 7) is 3.80. The molecule has 0 saturated heterocycles. The molecular formula is C17H17BFNO4. The van der Waals surface area contributed by atoms with Crippen LogP contribution in [0.25, 0.3) is 22.1 Å². The molecule has 1 aromatic heterocycles. The lowest BCUT2D eigenvalue weighted by Gasteiger charge is -2.04. The number of rotatable bonds is 4. The van der Waals surface area contributed by atoms with Crippen LogP contribution in [0.4, 0.5) is 4.39 Å². The van der Waals surface area contributed by atoms with E-state index in [9.17, 15) is 9.30 Å².